The van der Waals surface area contributed by atoms with E-state index in [1.54, 1.807) is 11.8 Å². The SMILES string of the molecule is Cc1ccc(N)c(SCc2noc(C(C)(C)C)n2)c1. The van der Waals surface area contributed by atoms with E-state index < -0.39 is 0 Å². The van der Waals surface area contributed by atoms with Crippen LogP contribution in [0.1, 0.15) is 38.0 Å². The third-order valence-corrected chi connectivity index (χ3v) is 3.70. The van der Waals surface area contributed by atoms with Crippen molar-refractivity contribution >= 4 is 17.4 Å². The third kappa shape index (κ3) is 3.50. The smallest absolute Gasteiger partial charge is 0.232 e. The van der Waals surface area contributed by atoms with Gasteiger partial charge in [0.05, 0.1) is 5.75 Å². The number of rotatable bonds is 3. The Bertz CT molecular complexity index is 572. The standard InChI is InChI=1S/C14H19N3OS/c1-9-5-6-10(15)11(7-9)19-8-12-16-13(18-17-12)14(2,3)4/h5-7H,8,15H2,1-4H3. The fraction of sp³-hybridized carbons (Fsp3) is 0.429. The predicted molar refractivity (Wildman–Crippen MR) is 78.2 cm³/mol. The van der Waals surface area contributed by atoms with Crippen LogP contribution in [0.25, 0.3) is 0 Å². The number of aryl methyl sites for hydroxylation is 1. The predicted octanol–water partition coefficient (Wildman–Crippen LogP) is 3.55. The van der Waals surface area contributed by atoms with Crippen molar-refractivity contribution in [2.45, 2.75) is 43.8 Å². The number of hydrogen-bond donors (Lipinski definition) is 1. The summed E-state index contributed by atoms with van der Waals surface area (Å²) < 4.78 is 5.27. The van der Waals surface area contributed by atoms with Gasteiger partial charge in [-0.25, -0.2) is 0 Å². The number of anilines is 1. The van der Waals surface area contributed by atoms with Crippen LogP contribution in [-0.4, -0.2) is 10.1 Å². The maximum Gasteiger partial charge on any atom is 0.232 e. The average Bonchev–Trinajstić information content (AvgIpc) is 2.79. The third-order valence-electron chi connectivity index (χ3n) is 2.64. The molecule has 4 nitrogen and oxygen atoms in total. The second-order valence-electron chi connectivity index (χ2n) is 5.60. The van der Waals surface area contributed by atoms with Crippen LogP contribution < -0.4 is 5.73 Å². The van der Waals surface area contributed by atoms with E-state index in [0.717, 1.165) is 10.6 Å². The van der Waals surface area contributed by atoms with Gasteiger partial charge in [0.25, 0.3) is 0 Å². The molecule has 2 aromatic rings. The van der Waals surface area contributed by atoms with Crippen molar-refractivity contribution < 1.29 is 4.52 Å². The summed E-state index contributed by atoms with van der Waals surface area (Å²) in [5.74, 6) is 2.03. The molecule has 0 amide bonds. The molecule has 0 spiro atoms. The second kappa shape index (κ2) is 5.25. The van der Waals surface area contributed by atoms with Gasteiger partial charge in [0.1, 0.15) is 0 Å². The minimum atomic E-state index is -0.113. The topological polar surface area (TPSA) is 64.9 Å². The lowest BCUT2D eigenvalue weighted by Gasteiger charge is -2.10. The Morgan fingerprint density at radius 2 is 2.05 bits per heavy atom. The number of nitrogens with two attached hydrogens (primary N) is 1. The highest BCUT2D eigenvalue weighted by Gasteiger charge is 2.21. The van der Waals surface area contributed by atoms with Crippen molar-refractivity contribution in [3.05, 3.63) is 35.5 Å². The summed E-state index contributed by atoms with van der Waals surface area (Å²) in [4.78, 5) is 5.47. The van der Waals surface area contributed by atoms with E-state index in [0.29, 0.717) is 17.5 Å². The number of nitrogens with zero attached hydrogens (tertiary/aromatic N) is 2. The Balaban J connectivity index is 2.06. The van der Waals surface area contributed by atoms with Crippen LogP contribution in [0, 0.1) is 6.92 Å². The summed E-state index contributed by atoms with van der Waals surface area (Å²) >= 11 is 1.63. The fourth-order valence-electron chi connectivity index (χ4n) is 1.53. The summed E-state index contributed by atoms with van der Waals surface area (Å²) in [5.41, 5.74) is 7.81. The van der Waals surface area contributed by atoms with Gasteiger partial charge in [-0.3, -0.25) is 0 Å². The van der Waals surface area contributed by atoms with Gasteiger partial charge in [0.15, 0.2) is 5.82 Å². The molecule has 0 saturated heterocycles. The maximum absolute atomic E-state index is 5.94. The lowest BCUT2D eigenvalue weighted by Crippen LogP contribution is -2.11. The van der Waals surface area contributed by atoms with Gasteiger partial charge in [0, 0.05) is 16.0 Å². The first-order valence-electron chi connectivity index (χ1n) is 6.18. The summed E-state index contributed by atoms with van der Waals surface area (Å²) in [6.07, 6.45) is 0. The molecule has 5 heteroatoms. The molecule has 0 atom stereocenters. The summed E-state index contributed by atoms with van der Waals surface area (Å²) in [6, 6.07) is 6.00. The molecular formula is C14H19N3OS. The number of aromatic nitrogens is 2. The van der Waals surface area contributed by atoms with Gasteiger partial charge in [-0.2, -0.15) is 4.98 Å². The number of benzene rings is 1. The Morgan fingerprint density at radius 3 is 2.68 bits per heavy atom. The largest absolute Gasteiger partial charge is 0.398 e. The van der Waals surface area contributed by atoms with E-state index in [-0.39, 0.29) is 5.41 Å². The van der Waals surface area contributed by atoms with Crippen LogP contribution in [0.5, 0.6) is 0 Å². The van der Waals surface area contributed by atoms with Gasteiger partial charge in [-0.05, 0) is 24.6 Å². The first kappa shape index (κ1) is 13.9. The fourth-order valence-corrected chi connectivity index (χ4v) is 2.43. The van der Waals surface area contributed by atoms with E-state index in [9.17, 15) is 0 Å². The summed E-state index contributed by atoms with van der Waals surface area (Å²) in [5, 5.41) is 4.00. The van der Waals surface area contributed by atoms with Crippen molar-refractivity contribution in [3.63, 3.8) is 0 Å². The van der Waals surface area contributed by atoms with E-state index >= 15 is 0 Å². The van der Waals surface area contributed by atoms with Crippen LogP contribution in [0.4, 0.5) is 5.69 Å². The average molecular weight is 277 g/mol. The van der Waals surface area contributed by atoms with Crippen LogP contribution >= 0.6 is 11.8 Å². The van der Waals surface area contributed by atoms with Crippen LogP contribution in [0.3, 0.4) is 0 Å². The van der Waals surface area contributed by atoms with Crippen molar-refractivity contribution in [1.29, 1.82) is 0 Å². The van der Waals surface area contributed by atoms with Crippen molar-refractivity contribution in [1.82, 2.24) is 10.1 Å². The minimum Gasteiger partial charge on any atom is -0.398 e. The zero-order chi connectivity index (χ0) is 14.0. The van der Waals surface area contributed by atoms with Crippen LogP contribution in [-0.2, 0) is 11.2 Å². The normalized spacial score (nSPS) is 11.8. The molecule has 0 radical (unpaired) electrons. The van der Waals surface area contributed by atoms with Gasteiger partial charge in [0.2, 0.25) is 5.89 Å². The molecule has 19 heavy (non-hydrogen) atoms. The molecule has 0 saturated carbocycles. The first-order valence-corrected chi connectivity index (χ1v) is 7.17. The highest BCUT2D eigenvalue weighted by molar-refractivity contribution is 7.98. The minimum absolute atomic E-state index is 0.113. The maximum atomic E-state index is 5.94. The molecule has 102 valence electrons. The first-order chi connectivity index (χ1) is 8.86. The van der Waals surface area contributed by atoms with Gasteiger partial charge in [-0.15, -0.1) is 11.8 Å². The molecule has 0 aliphatic heterocycles. The molecule has 0 bridgehead atoms. The summed E-state index contributed by atoms with van der Waals surface area (Å²) in [7, 11) is 0. The number of nitrogen functional groups attached to an aromatic ring is 1. The monoisotopic (exact) mass is 277 g/mol. The molecule has 0 aliphatic carbocycles. The molecule has 2 rings (SSSR count). The molecule has 1 aromatic carbocycles. The van der Waals surface area contributed by atoms with E-state index in [1.165, 1.54) is 5.56 Å². The molecule has 0 fully saturated rings. The van der Waals surface area contributed by atoms with Crippen LogP contribution in [0.2, 0.25) is 0 Å². The Kier molecular flexibility index (Phi) is 3.85. The molecule has 0 aliphatic rings. The Morgan fingerprint density at radius 1 is 1.32 bits per heavy atom. The van der Waals surface area contributed by atoms with Gasteiger partial charge >= 0.3 is 0 Å². The highest BCUT2D eigenvalue weighted by atomic mass is 32.2. The van der Waals surface area contributed by atoms with Crippen molar-refractivity contribution in [3.8, 4) is 0 Å². The molecular weight excluding hydrogens is 258 g/mol. The lowest BCUT2D eigenvalue weighted by atomic mass is 9.97. The van der Waals surface area contributed by atoms with Crippen molar-refractivity contribution in [2.24, 2.45) is 0 Å². The molecule has 1 aromatic heterocycles. The van der Waals surface area contributed by atoms with Gasteiger partial charge in [-0.1, -0.05) is 32.0 Å². The van der Waals surface area contributed by atoms with Crippen LogP contribution in [0.15, 0.2) is 27.6 Å². The highest BCUT2D eigenvalue weighted by Crippen LogP contribution is 2.29. The quantitative estimate of drug-likeness (QED) is 0.686. The number of hydrogen-bond acceptors (Lipinski definition) is 5. The van der Waals surface area contributed by atoms with E-state index in [2.05, 4.69) is 43.9 Å². The van der Waals surface area contributed by atoms with E-state index in [1.807, 2.05) is 12.1 Å². The molecule has 0 unspecified atom stereocenters. The zero-order valence-corrected chi connectivity index (χ0v) is 12.5. The Hall–Kier alpha value is -1.49. The molecule has 2 N–H and O–H groups in total. The molecule has 1 heterocycles. The van der Waals surface area contributed by atoms with Gasteiger partial charge < -0.3 is 10.3 Å². The number of thioether (sulfide) groups is 1. The second-order valence-corrected chi connectivity index (χ2v) is 6.61. The Labute approximate surface area is 117 Å². The summed E-state index contributed by atoms with van der Waals surface area (Å²) in [6.45, 7) is 8.21. The van der Waals surface area contributed by atoms with E-state index in [4.69, 9.17) is 10.3 Å². The van der Waals surface area contributed by atoms with Crippen molar-refractivity contribution in [2.75, 3.05) is 5.73 Å². The zero-order valence-electron chi connectivity index (χ0n) is 11.7. The lowest BCUT2D eigenvalue weighted by molar-refractivity contribution is 0.319.